The van der Waals surface area contributed by atoms with Crippen molar-refractivity contribution in [3.8, 4) is 11.5 Å². The van der Waals surface area contributed by atoms with Crippen molar-refractivity contribution in [2.75, 3.05) is 6.54 Å². The molecule has 0 amide bonds. The monoisotopic (exact) mass is 347 g/mol. The van der Waals surface area contributed by atoms with Crippen LogP contribution in [0.3, 0.4) is 0 Å². The third kappa shape index (κ3) is 5.18. The largest absolute Gasteiger partial charge is 0.457 e. The van der Waals surface area contributed by atoms with E-state index in [9.17, 15) is 0 Å². The van der Waals surface area contributed by atoms with Gasteiger partial charge in [-0.1, -0.05) is 53.5 Å². The molecule has 0 unspecified atom stereocenters. The van der Waals surface area contributed by atoms with Gasteiger partial charge in [-0.15, -0.1) is 0 Å². The third-order valence-electron chi connectivity index (χ3n) is 3.11. The highest BCUT2D eigenvalue weighted by Crippen LogP contribution is 2.28. The lowest BCUT2D eigenvalue weighted by atomic mass is 10.1. The molecule has 0 aromatic heterocycles. The minimum Gasteiger partial charge on any atom is -0.457 e. The number of ether oxygens (including phenoxy) is 1. The summed E-state index contributed by atoms with van der Waals surface area (Å²) >= 11 is 3.47. The first kappa shape index (κ1) is 16.1. The predicted octanol–water partition coefficient (Wildman–Crippen LogP) is 5.30. The lowest BCUT2D eigenvalue weighted by Gasteiger charge is -2.14. The van der Waals surface area contributed by atoms with Gasteiger partial charge in [-0.05, 0) is 43.7 Å². The molecule has 2 nitrogen and oxygen atoms in total. The van der Waals surface area contributed by atoms with Crippen LogP contribution >= 0.6 is 15.9 Å². The number of benzene rings is 2. The zero-order valence-corrected chi connectivity index (χ0v) is 14.4. The van der Waals surface area contributed by atoms with Crippen molar-refractivity contribution in [2.45, 2.75) is 27.3 Å². The van der Waals surface area contributed by atoms with Crippen molar-refractivity contribution < 1.29 is 4.74 Å². The highest BCUT2D eigenvalue weighted by molar-refractivity contribution is 9.10. The molecule has 0 radical (unpaired) electrons. The van der Waals surface area contributed by atoms with Gasteiger partial charge in [-0.25, -0.2) is 0 Å². The maximum atomic E-state index is 6.03. The van der Waals surface area contributed by atoms with Crippen LogP contribution in [0, 0.1) is 12.8 Å². The molecule has 0 saturated carbocycles. The zero-order valence-electron chi connectivity index (χ0n) is 12.8. The minimum absolute atomic E-state index is 0.643. The number of hydrogen-bond acceptors (Lipinski definition) is 2. The van der Waals surface area contributed by atoms with Gasteiger partial charge in [-0.3, -0.25) is 0 Å². The summed E-state index contributed by atoms with van der Waals surface area (Å²) in [6.07, 6.45) is 0. The topological polar surface area (TPSA) is 21.3 Å². The molecule has 0 fully saturated rings. The van der Waals surface area contributed by atoms with Gasteiger partial charge in [0, 0.05) is 16.6 Å². The Morgan fingerprint density at radius 2 is 1.95 bits per heavy atom. The Hall–Kier alpha value is -1.32. The van der Waals surface area contributed by atoms with E-state index in [1.54, 1.807) is 0 Å². The zero-order chi connectivity index (χ0) is 15.2. The highest BCUT2D eigenvalue weighted by atomic mass is 79.9. The van der Waals surface area contributed by atoms with Crippen LogP contribution < -0.4 is 10.1 Å². The summed E-state index contributed by atoms with van der Waals surface area (Å²) in [6.45, 7) is 8.35. The maximum Gasteiger partial charge on any atom is 0.131 e. The first-order valence-electron chi connectivity index (χ1n) is 7.28. The lowest BCUT2D eigenvalue weighted by molar-refractivity contribution is 0.468. The smallest absolute Gasteiger partial charge is 0.131 e. The summed E-state index contributed by atoms with van der Waals surface area (Å²) in [5.74, 6) is 2.40. The van der Waals surface area contributed by atoms with E-state index in [2.05, 4.69) is 54.2 Å². The molecule has 0 atom stereocenters. The second kappa shape index (κ2) is 7.62. The van der Waals surface area contributed by atoms with E-state index in [1.165, 1.54) is 11.1 Å². The number of aryl methyl sites for hydroxylation is 1. The molecule has 21 heavy (non-hydrogen) atoms. The van der Waals surface area contributed by atoms with Crippen LogP contribution in [0.5, 0.6) is 11.5 Å². The van der Waals surface area contributed by atoms with Gasteiger partial charge in [0.2, 0.25) is 0 Å². The molecule has 3 heteroatoms. The molecule has 0 heterocycles. The van der Waals surface area contributed by atoms with Gasteiger partial charge in [-0.2, -0.15) is 0 Å². The van der Waals surface area contributed by atoms with E-state index in [4.69, 9.17) is 4.74 Å². The van der Waals surface area contributed by atoms with Gasteiger partial charge < -0.3 is 10.1 Å². The van der Waals surface area contributed by atoms with Crippen molar-refractivity contribution in [3.05, 3.63) is 58.1 Å². The SMILES string of the molecule is Cc1ccc(Oc2cccc(Br)c2)c(CNCC(C)C)c1. The second-order valence-corrected chi connectivity index (χ2v) is 6.61. The van der Waals surface area contributed by atoms with Crippen LogP contribution in [-0.4, -0.2) is 6.54 Å². The summed E-state index contributed by atoms with van der Waals surface area (Å²) < 4.78 is 7.05. The molecule has 0 saturated heterocycles. The summed E-state index contributed by atoms with van der Waals surface area (Å²) in [7, 11) is 0. The minimum atomic E-state index is 0.643. The molecule has 1 N–H and O–H groups in total. The van der Waals surface area contributed by atoms with Crippen molar-refractivity contribution >= 4 is 15.9 Å². The predicted molar refractivity (Wildman–Crippen MR) is 91.9 cm³/mol. The third-order valence-corrected chi connectivity index (χ3v) is 3.60. The number of nitrogens with one attached hydrogen (secondary N) is 1. The van der Waals surface area contributed by atoms with Crippen LogP contribution in [0.25, 0.3) is 0 Å². The Labute approximate surface area is 135 Å². The quantitative estimate of drug-likeness (QED) is 0.765. The summed E-state index contributed by atoms with van der Waals surface area (Å²) in [5.41, 5.74) is 2.44. The molecule has 2 rings (SSSR count). The van der Waals surface area contributed by atoms with E-state index < -0.39 is 0 Å². The number of rotatable bonds is 6. The van der Waals surface area contributed by atoms with Gasteiger partial charge >= 0.3 is 0 Å². The molecule has 0 aliphatic rings. The van der Waals surface area contributed by atoms with Crippen LogP contribution in [0.1, 0.15) is 25.0 Å². The van der Waals surface area contributed by atoms with Crippen LogP contribution in [0.15, 0.2) is 46.9 Å². The fourth-order valence-corrected chi connectivity index (χ4v) is 2.48. The van der Waals surface area contributed by atoms with Crippen molar-refractivity contribution in [3.63, 3.8) is 0 Å². The first-order chi connectivity index (χ1) is 10.0. The maximum absolute atomic E-state index is 6.03. The molecule has 0 aliphatic heterocycles. The van der Waals surface area contributed by atoms with E-state index in [0.717, 1.165) is 29.1 Å². The van der Waals surface area contributed by atoms with Gasteiger partial charge in [0.05, 0.1) is 0 Å². The van der Waals surface area contributed by atoms with E-state index in [0.29, 0.717) is 5.92 Å². The lowest BCUT2D eigenvalue weighted by Crippen LogP contribution is -2.19. The molecule has 0 spiro atoms. The van der Waals surface area contributed by atoms with Crippen LogP contribution in [-0.2, 0) is 6.54 Å². The molecule has 112 valence electrons. The molecular formula is C18H22BrNO. The average Bonchev–Trinajstić information content (AvgIpc) is 2.41. The molecular weight excluding hydrogens is 326 g/mol. The number of halogens is 1. The van der Waals surface area contributed by atoms with Crippen molar-refractivity contribution in [2.24, 2.45) is 5.92 Å². The second-order valence-electron chi connectivity index (χ2n) is 5.70. The standard InChI is InChI=1S/C18H22BrNO/c1-13(2)11-20-12-15-9-14(3)7-8-18(15)21-17-6-4-5-16(19)10-17/h4-10,13,20H,11-12H2,1-3H3. The Balaban J connectivity index is 2.14. The van der Waals surface area contributed by atoms with Crippen molar-refractivity contribution in [1.29, 1.82) is 0 Å². The van der Waals surface area contributed by atoms with E-state index in [1.807, 2.05) is 30.3 Å². The molecule has 2 aromatic rings. The fourth-order valence-electron chi connectivity index (χ4n) is 2.10. The van der Waals surface area contributed by atoms with Gasteiger partial charge in [0.25, 0.3) is 0 Å². The van der Waals surface area contributed by atoms with E-state index in [-0.39, 0.29) is 0 Å². The molecule has 0 bridgehead atoms. The van der Waals surface area contributed by atoms with Crippen LogP contribution in [0.4, 0.5) is 0 Å². The highest BCUT2D eigenvalue weighted by Gasteiger charge is 2.06. The fraction of sp³-hybridized carbons (Fsp3) is 0.333. The summed E-state index contributed by atoms with van der Waals surface area (Å²) in [6, 6.07) is 14.2. The Morgan fingerprint density at radius 1 is 1.14 bits per heavy atom. The first-order valence-corrected chi connectivity index (χ1v) is 8.07. The Kier molecular flexibility index (Phi) is 5.83. The molecule has 2 aromatic carbocycles. The van der Waals surface area contributed by atoms with Crippen molar-refractivity contribution in [1.82, 2.24) is 5.32 Å². The molecule has 0 aliphatic carbocycles. The number of hydrogen-bond donors (Lipinski definition) is 1. The normalized spacial score (nSPS) is 10.9. The van der Waals surface area contributed by atoms with Gasteiger partial charge in [0.15, 0.2) is 0 Å². The average molecular weight is 348 g/mol. The summed E-state index contributed by atoms with van der Waals surface area (Å²) in [5, 5.41) is 3.48. The van der Waals surface area contributed by atoms with Gasteiger partial charge in [0.1, 0.15) is 11.5 Å². The summed E-state index contributed by atoms with van der Waals surface area (Å²) in [4.78, 5) is 0. The Morgan fingerprint density at radius 3 is 2.67 bits per heavy atom. The Bertz CT molecular complexity index is 596. The van der Waals surface area contributed by atoms with E-state index >= 15 is 0 Å². The van der Waals surface area contributed by atoms with Crippen LogP contribution in [0.2, 0.25) is 0 Å².